The predicted octanol–water partition coefficient (Wildman–Crippen LogP) is 1.23. The summed E-state index contributed by atoms with van der Waals surface area (Å²) in [5.74, 6) is 0.607. The summed E-state index contributed by atoms with van der Waals surface area (Å²) in [7, 11) is -3.31. The molecule has 1 unspecified atom stereocenters. The van der Waals surface area contributed by atoms with Gasteiger partial charge in [-0.05, 0) is 31.6 Å². The zero-order valence-electron chi connectivity index (χ0n) is 12.1. The summed E-state index contributed by atoms with van der Waals surface area (Å²) >= 11 is 0. The van der Waals surface area contributed by atoms with E-state index in [2.05, 4.69) is 14.7 Å². The Balaban J connectivity index is 0.00000176. The van der Waals surface area contributed by atoms with Crippen molar-refractivity contribution < 1.29 is 13.2 Å². The van der Waals surface area contributed by atoms with Crippen LogP contribution in [0.2, 0.25) is 0 Å². The van der Waals surface area contributed by atoms with Crippen LogP contribution in [0.25, 0.3) is 0 Å². The Bertz CT molecular complexity index is 603. The first-order chi connectivity index (χ1) is 10.1. The van der Waals surface area contributed by atoms with Crippen LogP contribution in [0.15, 0.2) is 12.4 Å². The third kappa shape index (κ3) is 4.07. The molecule has 1 aliphatic heterocycles. The molecular formula is C13H21ClN4O3S. The van der Waals surface area contributed by atoms with Crippen molar-refractivity contribution in [1.82, 2.24) is 9.97 Å². The van der Waals surface area contributed by atoms with Crippen molar-refractivity contribution in [2.24, 2.45) is 11.7 Å². The van der Waals surface area contributed by atoms with Gasteiger partial charge in [0.15, 0.2) is 0 Å². The van der Waals surface area contributed by atoms with Crippen molar-refractivity contribution in [1.29, 1.82) is 0 Å². The van der Waals surface area contributed by atoms with E-state index in [4.69, 9.17) is 10.5 Å². The van der Waals surface area contributed by atoms with E-state index < -0.39 is 10.0 Å². The molecule has 0 bridgehead atoms. The molecule has 1 aliphatic carbocycles. The average molecular weight is 349 g/mol. The fraction of sp³-hybridized carbons (Fsp3) is 0.692. The molecule has 0 spiro atoms. The van der Waals surface area contributed by atoms with E-state index in [1.165, 1.54) is 6.33 Å². The van der Waals surface area contributed by atoms with E-state index in [-0.39, 0.29) is 23.7 Å². The second kappa shape index (κ2) is 7.08. The summed E-state index contributed by atoms with van der Waals surface area (Å²) < 4.78 is 31.7. The molecule has 2 heterocycles. The SMILES string of the molecule is Cl.NC(c1cc(NS(=O)(=O)C2CC2)ncn1)C1CCOCC1. The molecule has 0 amide bonds. The van der Waals surface area contributed by atoms with Gasteiger partial charge >= 0.3 is 0 Å². The smallest absolute Gasteiger partial charge is 0.236 e. The number of nitrogens with one attached hydrogen (secondary N) is 1. The van der Waals surface area contributed by atoms with Gasteiger partial charge in [0.1, 0.15) is 12.1 Å². The summed E-state index contributed by atoms with van der Waals surface area (Å²) in [6, 6.07) is 1.42. The molecule has 3 rings (SSSR count). The highest BCUT2D eigenvalue weighted by molar-refractivity contribution is 7.93. The molecule has 7 nitrogen and oxygen atoms in total. The van der Waals surface area contributed by atoms with Gasteiger partial charge in [0.05, 0.1) is 17.0 Å². The van der Waals surface area contributed by atoms with Gasteiger partial charge in [-0.3, -0.25) is 4.72 Å². The number of hydrogen-bond acceptors (Lipinski definition) is 6. The van der Waals surface area contributed by atoms with E-state index in [1.807, 2.05) is 0 Å². The van der Waals surface area contributed by atoms with Gasteiger partial charge in [0, 0.05) is 19.3 Å². The van der Waals surface area contributed by atoms with Gasteiger partial charge < -0.3 is 10.5 Å². The van der Waals surface area contributed by atoms with Gasteiger partial charge in [-0.15, -0.1) is 12.4 Å². The minimum Gasteiger partial charge on any atom is -0.381 e. The van der Waals surface area contributed by atoms with E-state index in [0.717, 1.165) is 25.7 Å². The van der Waals surface area contributed by atoms with E-state index in [0.29, 0.717) is 30.6 Å². The standard InChI is InChI=1S/C13H20N4O3S.ClH/c14-13(9-3-5-20-6-4-9)11-7-12(16-8-15-11)17-21(18,19)10-1-2-10;/h7-10,13H,1-6,14H2,(H,15,16,17);1H. The first-order valence-corrected chi connectivity index (χ1v) is 8.78. The Morgan fingerprint density at radius 3 is 2.55 bits per heavy atom. The molecule has 1 saturated carbocycles. The van der Waals surface area contributed by atoms with Crippen molar-refractivity contribution in [3.63, 3.8) is 0 Å². The molecule has 22 heavy (non-hydrogen) atoms. The Morgan fingerprint density at radius 1 is 1.23 bits per heavy atom. The van der Waals surface area contributed by atoms with Crippen molar-refractivity contribution in [2.75, 3.05) is 17.9 Å². The molecule has 1 aromatic heterocycles. The van der Waals surface area contributed by atoms with Crippen LogP contribution < -0.4 is 10.5 Å². The number of nitrogens with zero attached hydrogens (tertiary/aromatic N) is 2. The van der Waals surface area contributed by atoms with Crippen LogP contribution in [0.4, 0.5) is 5.82 Å². The topological polar surface area (TPSA) is 107 Å². The summed E-state index contributed by atoms with van der Waals surface area (Å²) in [5.41, 5.74) is 6.92. The molecule has 2 fully saturated rings. The number of rotatable bonds is 5. The first-order valence-electron chi connectivity index (χ1n) is 7.23. The van der Waals surface area contributed by atoms with Crippen LogP contribution in [0.3, 0.4) is 0 Å². The second-order valence-corrected chi connectivity index (χ2v) is 7.61. The molecule has 1 aromatic rings. The summed E-state index contributed by atoms with van der Waals surface area (Å²) in [6.45, 7) is 1.43. The predicted molar refractivity (Wildman–Crippen MR) is 85.3 cm³/mol. The highest BCUT2D eigenvalue weighted by Gasteiger charge is 2.36. The third-order valence-corrected chi connectivity index (χ3v) is 5.86. The average Bonchev–Trinajstić information content (AvgIpc) is 3.32. The normalized spacial score (nSPS) is 21.0. The largest absolute Gasteiger partial charge is 0.381 e. The highest BCUT2D eigenvalue weighted by atomic mass is 35.5. The number of aromatic nitrogens is 2. The number of halogens is 1. The number of anilines is 1. The Kier molecular flexibility index (Phi) is 5.60. The van der Waals surface area contributed by atoms with Crippen LogP contribution in [-0.4, -0.2) is 36.8 Å². The minimum atomic E-state index is -3.31. The highest BCUT2D eigenvalue weighted by Crippen LogP contribution is 2.30. The summed E-state index contributed by atoms with van der Waals surface area (Å²) in [6.07, 6.45) is 4.59. The van der Waals surface area contributed by atoms with Gasteiger partial charge in [-0.1, -0.05) is 0 Å². The minimum absolute atomic E-state index is 0. The fourth-order valence-corrected chi connectivity index (χ4v) is 3.86. The maximum atomic E-state index is 11.9. The van der Waals surface area contributed by atoms with Gasteiger partial charge in [-0.2, -0.15) is 0 Å². The third-order valence-electron chi connectivity index (χ3n) is 4.01. The molecule has 9 heteroatoms. The summed E-state index contributed by atoms with van der Waals surface area (Å²) in [4.78, 5) is 8.17. The molecule has 3 N–H and O–H groups in total. The lowest BCUT2D eigenvalue weighted by molar-refractivity contribution is 0.0579. The van der Waals surface area contributed by atoms with Gasteiger partial charge in [-0.25, -0.2) is 18.4 Å². The molecule has 2 aliphatic rings. The number of ether oxygens (including phenoxy) is 1. The monoisotopic (exact) mass is 348 g/mol. The van der Waals surface area contributed by atoms with Crippen molar-refractivity contribution >= 4 is 28.2 Å². The molecule has 124 valence electrons. The second-order valence-electron chi connectivity index (χ2n) is 5.65. The Hall–Kier alpha value is -0.960. The van der Waals surface area contributed by atoms with E-state index in [1.54, 1.807) is 6.07 Å². The van der Waals surface area contributed by atoms with E-state index in [9.17, 15) is 8.42 Å². The molecule has 0 aromatic carbocycles. The number of hydrogen-bond donors (Lipinski definition) is 2. The van der Waals surface area contributed by atoms with Crippen LogP contribution in [-0.2, 0) is 14.8 Å². The Morgan fingerprint density at radius 2 is 1.91 bits per heavy atom. The lowest BCUT2D eigenvalue weighted by Gasteiger charge is -2.27. The Labute approximate surface area is 136 Å². The number of sulfonamides is 1. The lowest BCUT2D eigenvalue weighted by atomic mass is 9.90. The molecule has 0 radical (unpaired) electrons. The fourth-order valence-electron chi connectivity index (χ4n) is 2.53. The molecule has 1 atom stereocenters. The van der Waals surface area contributed by atoms with Gasteiger partial charge in [0.2, 0.25) is 10.0 Å². The first kappa shape index (κ1) is 17.4. The van der Waals surface area contributed by atoms with Crippen LogP contribution >= 0.6 is 12.4 Å². The summed E-state index contributed by atoms with van der Waals surface area (Å²) in [5, 5.41) is -0.278. The van der Waals surface area contributed by atoms with Crippen LogP contribution in [0, 0.1) is 5.92 Å². The van der Waals surface area contributed by atoms with Crippen molar-refractivity contribution in [2.45, 2.75) is 37.0 Å². The molecule has 1 saturated heterocycles. The van der Waals surface area contributed by atoms with Crippen LogP contribution in [0.1, 0.15) is 37.4 Å². The zero-order chi connectivity index (χ0) is 14.9. The molecular weight excluding hydrogens is 328 g/mol. The van der Waals surface area contributed by atoms with Crippen molar-refractivity contribution in [3.8, 4) is 0 Å². The van der Waals surface area contributed by atoms with E-state index >= 15 is 0 Å². The maximum absolute atomic E-state index is 11.9. The number of nitrogens with two attached hydrogens (primary N) is 1. The lowest BCUT2D eigenvalue weighted by Crippen LogP contribution is -2.28. The zero-order valence-corrected chi connectivity index (χ0v) is 13.8. The maximum Gasteiger partial charge on any atom is 0.236 e. The van der Waals surface area contributed by atoms with Crippen LogP contribution in [0.5, 0.6) is 0 Å². The van der Waals surface area contributed by atoms with Gasteiger partial charge in [0.25, 0.3) is 0 Å². The quantitative estimate of drug-likeness (QED) is 0.828. The van der Waals surface area contributed by atoms with Crippen molar-refractivity contribution in [3.05, 3.63) is 18.1 Å².